The number of rotatable bonds is 6. The second-order valence-electron chi connectivity index (χ2n) is 4.77. The Morgan fingerprint density at radius 1 is 1.17 bits per heavy atom. The minimum absolute atomic E-state index is 0.115. The third-order valence-corrected chi connectivity index (χ3v) is 3.40. The highest BCUT2D eigenvalue weighted by atomic mass is 79.9. The van der Waals surface area contributed by atoms with Crippen molar-refractivity contribution < 1.29 is 14.0 Å². The lowest BCUT2D eigenvalue weighted by atomic mass is 10.2. The van der Waals surface area contributed by atoms with E-state index in [1.807, 2.05) is 36.4 Å². The molecule has 0 saturated heterocycles. The van der Waals surface area contributed by atoms with Crippen molar-refractivity contribution in [2.24, 2.45) is 0 Å². The topological polar surface area (TPSA) is 71.3 Å². The van der Waals surface area contributed by atoms with Crippen LogP contribution in [0.15, 0.2) is 69.4 Å². The Morgan fingerprint density at radius 3 is 2.54 bits per heavy atom. The second kappa shape index (κ2) is 8.88. The van der Waals surface area contributed by atoms with Crippen molar-refractivity contribution in [3.05, 3.63) is 76.3 Å². The molecule has 0 aliphatic rings. The van der Waals surface area contributed by atoms with E-state index in [0.717, 1.165) is 5.56 Å². The maximum Gasteiger partial charge on any atom is 0.291 e. The Hall–Kier alpha value is -2.60. The van der Waals surface area contributed by atoms with Gasteiger partial charge in [-0.25, -0.2) is 0 Å². The summed E-state index contributed by atoms with van der Waals surface area (Å²) >= 11 is 3.14. The van der Waals surface area contributed by atoms with Gasteiger partial charge >= 0.3 is 0 Å². The number of hydrogen-bond donors (Lipinski definition) is 2. The number of carbonyl (C=O) groups is 2. The van der Waals surface area contributed by atoms with Crippen molar-refractivity contribution in [1.82, 2.24) is 10.6 Å². The minimum Gasteiger partial charge on any atom is -0.444 e. The highest BCUT2D eigenvalue weighted by Crippen LogP contribution is 2.14. The number of amides is 2. The maximum absolute atomic E-state index is 12.1. The highest BCUT2D eigenvalue weighted by Gasteiger charge is 2.15. The first-order chi connectivity index (χ1) is 11.6. The van der Waals surface area contributed by atoms with Crippen LogP contribution >= 0.6 is 15.9 Å². The van der Waals surface area contributed by atoms with Gasteiger partial charge in [0.25, 0.3) is 11.8 Å². The summed E-state index contributed by atoms with van der Waals surface area (Å²) in [5.74, 6) is -0.746. The molecule has 2 amide bonds. The van der Waals surface area contributed by atoms with Crippen LogP contribution in [0.2, 0.25) is 0 Å². The molecule has 1 aromatic carbocycles. The third-order valence-electron chi connectivity index (χ3n) is 2.98. The molecule has 1 heterocycles. The van der Waals surface area contributed by atoms with Crippen molar-refractivity contribution in [1.29, 1.82) is 0 Å². The predicted octanol–water partition coefficient (Wildman–Crippen LogP) is 3.51. The normalized spacial score (nSPS) is 11.5. The van der Waals surface area contributed by atoms with E-state index in [1.165, 1.54) is 6.07 Å². The number of likely N-dealkylation sites (N-methyl/N-ethyl adjacent to an activating group) is 1. The number of nitrogens with one attached hydrogen (secondary N) is 2. The fourth-order valence-corrected chi connectivity index (χ4v) is 2.18. The summed E-state index contributed by atoms with van der Waals surface area (Å²) in [6, 6.07) is 12.8. The van der Waals surface area contributed by atoms with Crippen molar-refractivity contribution >= 4 is 33.8 Å². The standard InChI is InChI=1S/C18H17BrN2O3/c1-2-20-17(22)14(10-6-9-13-7-4-3-5-8-13)21-18(23)15-11-12-16(19)24-15/h3-12H,2H2,1H3,(H,20,22)(H,21,23)/b9-6+,14-10+. The van der Waals surface area contributed by atoms with Crippen LogP contribution in [-0.2, 0) is 4.79 Å². The molecule has 0 aliphatic heterocycles. The Balaban J connectivity index is 2.15. The first kappa shape index (κ1) is 17.7. The summed E-state index contributed by atoms with van der Waals surface area (Å²) in [4.78, 5) is 24.2. The Labute approximate surface area is 148 Å². The summed E-state index contributed by atoms with van der Waals surface area (Å²) < 4.78 is 5.63. The number of allylic oxidation sites excluding steroid dienone is 2. The summed E-state index contributed by atoms with van der Waals surface area (Å²) in [6.07, 6.45) is 5.10. The molecule has 0 radical (unpaired) electrons. The fraction of sp³-hybridized carbons (Fsp3) is 0.111. The molecule has 124 valence electrons. The molecule has 1 aromatic heterocycles. The van der Waals surface area contributed by atoms with Crippen LogP contribution in [0.3, 0.4) is 0 Å². The molecule has 24 heavy (non-hydrogen) atoms. The molecule has 0 aliphatic carbocycles. The SMILES string of the molecule is CCNC(=O)/C(=C\C=C\c1ccccc1)NC(=O)c1ccc(Br)o1. The van der Waals surface area contributed by atoms with E-state index in [9.17, 15) is 9.59 Å². The summed E-state index contributed by atoms with van der Waals surface area (Å²) in [7, 11) is 0. The smallest absolute Gasteiger partial charge is 0.291 e. The van der Waals surface area contributed by atoms with Crippen LogP contribution in [0.5, 0.6) is 0 Å². The van der Waals surface area contributed by atoms with Crippen molar-refractivity contribution in [3.63, 3.8) is 0 Å². The van der Waals surface area contributed by atoms with E-state index >= 15 is 0 Å². The maximum atomic E-state index is 12.1. The largest absolute Gasteiger partial charge is 0.444 e. The molecule has 2 aromatic rings. The monoisotopic (exact) mass is 388 g/mol. The molecular formula is C18H17BrN2O3. The van der Waals surface area contributed by atoms with E-state index in [2.05, 4.69) is 26.6 Å². The van der Waals surface area contributed by atoms with Crippen molar-refractivity contribution in [3.8, 4) is 0 Å². The van der Waals surface area contributed by atoms with Crippen LogP contribution < -0.4 is 10.6 Å². The first-order valence-electron chi connectivity index (χ1n) is 7.38. The number of carbonyl (C=O) groups excluding carboxylic acids is 2. The Morgan fingerprint density at radius 2 is 1.92 bits per heavy atom. The number of benzene rings is 1. The van der Waals surface area contributed by atoms with Gasteiger partial charge in [-0.1, -0.05) is 42.5 Å². The first-order valence-corrected chi connectivity index (χ1v) is 8.17. The molecular weight excluding hydrogens is 372 g/mol. The number of furan rings is 1. The second-order valence-corrected chi connectivity index (χ2v) is 5.55. The van der Waals surface area contributed by atoms with E-state index in [-0.39, 0.29) is 17.4 Å². The lowest BCUT2D eigenvalue weighted by Gasteiger charge is -2.07. The van der Waals surface area contributed by atoms with Crippen LogP contribution in [0.4, 0.5) is 0 Å². The minimum atomic E-state index is -0.494. The van der Waals surface area contributed by atoms with E-state index in [0.29, 0.717) is 11.2 Å². The molecule has 2 N–H and O–H groups in total. The lowest BCUT2D eigenvalue weighted by molar-refractivity contribution is -0.117. The van der Waals surface area contributed by atoms with Crippen molar-refractivity contribution in [2.75, 3.05) is 6.54 Å². The Kier molecular flexibility index (Phi) is 6.57. The van der Waals surface area contributed by atoms with Crippen LogP contribution in [0.1, 0.15) is 23.0 Å². The summed E-state index contributed by atoms with van der Waals surface area (Å²) in [5, 5.41) is 5.22. The average molecular weight is 389 g/mol. The van der Waals surface area contributed by atoms with Gasteiger partial charge in [0.1, 0.15) is 5.70 Å². The zero-order valence-corrected chi connectivity index (χ0v) is 14.7. The Bertz CT molecular complexity index is 764. The zero-order valence-electron chi connectivity index (χ0n) is 13.1. The van der Waals surface area contributed by atoms with Gasteiger partial charge in [-0.3, -0.25) is 9.59 Å². The molecule has 0 saturated carbocycles. The van der Waals surface area contributed by atoms with Gasteiger partial charge < -0.3 is 15.1 Å². The third kappa shape index (κ3) is 5.24. The van der Waals surface area contributed by atoms with E-state index in [4.69, 9.17) is 4.42 Å². The quantitative estimate of drug-likeness (QED) is 0.587. The molecule has 0 atom stereocenters. The van der Waals surface area contributed by atoms with Crippen molar-refractivity contribution in [2.45, 2.75) is 6.92 Å². The summed E-state index contributed by atoms with van der Waals surface area (Å²) in [6.45, 7) is 2.27. The van der Waals surface area contributed by atoms with Gasteiger partial charge in [-0.05, 0) is 46.6 Å². The zero-order chi connectivity index (χ0) is 17.4. The molecule has 0 bridgehead atoms. The lowest BCUT2D eigenvalue weighted by Crippen LogP contribution is -2.34. The fourth-order valence-electron chi connectivity index (χ4n) is 1.87. The van der Waals surface area contributed by atoms with Gasteiger partial charge in [0.15, 0.2) is 10.4 Å². The van der Waals surface area contributed by atoms with Crippen LogP contribution in [-0.4, -0.2) is 18.4 Å². The molecule has 6 heteroatoms. The van der Waals surface area contributed by atoms with Gasteiger partial charge in [0.05, 0.1) is 0 Å². The van der Waals surface area contributed by atoms with E-state index in [1.54, 1.807) is 25.1 Å². The predicted molar refractivity (Wildman–Crippen MR) is 96.1 cm³/mol. The molecule has 0 spiro atoms. The average Bonchev–Trinajstić information content (AvgIpc) is 3.01. The van der Waals surface area contributed by atoms with Crippen LogP contribution in [0.25, 0.3) is 6.08 Å². The van der Waals surface area contributed by atoms with Gasteiger partial charge in [0, 0.05) is 6.54 Å². The van der Waals surface area contributed by atoms with Gasteiger partial charge in [-0.15, -0.1) is 0 Å². The summed E-state index contributed by atoms with van der Waals surface area (Å²) in [5.41, 5.74) is 1.13. The van der Waals surface area contributed by atoms with Gasteiger partial charge in [0.2, 0.25) is 0 Å². The molecule has 2 rings (SSSR count). The molecule has 5 nitrogen and oxygen atoms in total. The van der Waals surface area contributed by atoms with Gasteiger partial charge in [-0.2, -0.15) is 0 Å². The molecule has 0 fully saturated rings. The van der Waals surface area contributed by atoms with Crippen LogP contribution in [0, 0.1) is 0 Å². The highest BCUT2D eigenvalue weighted by molar-refractivity contribution is 9.10. The number of halogens is 1. The number of hydrogen-bond acceptors (Lipinski definition) is 3. The molecule has 0 unspecified atom stereocenters. The van der Waals surface area contributed by atoms with E-state index < -0.39 is 5.91 Å².